The fraction of sp³-hybridized carbons (Fsp3) is 0.500. The molecule has 0 radical (unpaired) electrons. The Hall–Kier alpha value is -2.99. The minimum atomic E-state index is -0.243. The van der Waals surface area contributed by atoms with Crippen molar-refractivity contribution in [1.82, 2.24) is 10.3 Å². The molecule has 2 saturated carbocycles. The highest BCUT2D eigenvalue weighted by Crippen LogP contribution is 2.62. The number of pyridine rings is 1. The molecular formula is C30H34N2O4. The van der Waals surface area contributed by atoms with Crippen LogP contribution in [0, 0.1) is 17.3 Å². The number of ether oxygens (including phenoxy) is 2. The van der Waals surface area contributed by atoms with E-state index in [1.807, 2.05) is 25.5 Å². The van der Waals surface area contributed by atoms with E-state index in [1.165, 1.54) is 18.1 Å². The van der Waals surface area contributed by atoms with Crippen LogP contribution in [0.5, 0.6) is 0 Å². The van der Waals surface area contributed by atoms with Crippen molar-refractivity contribution in [2.75, 3.05) is 13.6 Å². The van der Waals surface area contributed by atoms with Crippen LogP contribution in [0.2, 0.25) is 0 Å². The number of hydrogen-bond donors (Lipinski definition) is 1. The number of allylic oxidation sites excluding steroid dienone is 3. The van der Waals surface area contributed by atoms with Crippen LogP contribution in [-0.4, -0.2) is 42.5 Å². The Balaban J connectivity index is 1.36. The molecule has 1 N–H and O–H groups in total. The van der Waals surface area contributed by atoms with E-state index in [1.54, 1.807) is 0 Å². The molecule has 1 aromatic carbocycles. The first-order valence-corrected chi connectivity index (χ1v) is 13.2. The molecule has 0 spiro atoms. The maximum atomic E-state index is 12.9. The van der Waals surface area contributed by atoms with E-state index >= 15 is 0 Å². The zero-order valence-corrected chi connectivity index (χ0v) is 21.3. The SMILES string of the molecule is CNCC1CC(=O)C2=C(C1)O[C@@H]1C(=C2)CC[C@@]2(C)[C@H]1C[C@@H](OC(C)=O)[C@@H]2c1ccc2ccncc2c1. The van der Waals surface area contributed by atoms with Gasteiger partial charge in [-0.05, 0) is 78.9 Å². The third kappa shape index (κ3) is 3.78. The first kappa shape index (κ1) is 23.4. The van der Waals surface area contributed by atoms with Crippen LogP contribution in [-0.2, 0) is 19.1 Å². The molecule has 36 heavy (non-hydrogen) atoms. The summed E-state index contributed by atoms with van der Waals surface area (Å²) in [6.45, 7) is 4.65. The lowest BCUT2D eigenvalue weighted by atomic mass is 9.61. The predicted octanol–water partition coefficient (Wildman–Crippen LogP) is 4.85. The molecular weight excluding hydrogens is 452 g/mol. The fourth-order valence-electron chi connectivity index (χ4n) is 7.49. The van der Waals surface area contributed by atoms with Crippen molar-refractivity contribution in [2.45, 2.75) is 64.1 Å². The lowest BCUT2D eigenvalue weighted by Crippen LogP contribution is -2.44. The third-order valence-corrected chi connectivity index (χ3v) is 9.08. The minimum absolute atomic E-state index is 0.0709. The van der Waals surface area contributed by atoms with Crippen molar-refractivity contribution in [3.8, 4) is 0 Å². The maximum absolute atomic E-state index is 12.9. The van der Waals surface area contributed by atoms with Gasteiger partial charge in [0.05, 0.1) is 5.57 Å². The lowest BCUT2D eigenvalue weighted by molar-refractivity contribution is -0.147. The summed E-state index contributed by atoms with van der Waals surface area (Å²) in [5, 5.41) is 5.46. The second-order valence-electron chi connectivity index (χ2n) is 11.3. The average molecular weight is 487 g/mol. The molecule has 0 bridgehead atoms. The molecule has 1 aliphatic heterocycles. The number of hydrogen-bond acceptors (Lipinski definition) is 6. The van der Waals surface area contributed by atoms with Crippen molar-refractivity contribution in [1.29, 1.82) is 0 Å². The van der Waals surface area contributed by atoms with Crippen molar-refractivity contribution in [2.24, 2.45) is 17.3 Å². The second-order valence-corrected chi connectivity index (χ2v) is 11.3. The Labute approximate surface area is 212 Å². The molecule has 2 fully saturated rings. The van der Waals surface area contributed by atoms with Gasteiger partial charge in [0.15, 0.2) is 5.78 Å². The zero-order chi connectivity index (χ0) is 25.0. The molecule has 6 heteroatoms. The van der Waals surface area contributed by atoms with Gasteiger partial charge in [0, 0.05) is 49.4 Å². The number of rotatable bonds is 4. The van der Waals surface area contributed by atoms with Crippen LogP contribution >= 0.6 is 0 Å². The summed E-state index contributed by atoms with van der Waals surface area (Å²) < 4.78 is 12.7. The van der Waals surface area contributed by atoms with E-state index in [-0.39, 0.29) is 47.1 Å². The van der Waals surface area contributed by atoms with Gasteiger partial charge >= 0.3 is 5.97 Å². The van der Waals surface area contributed by atoms with E-state index in [4.69, 9.17) is 9.47 Å². The standard InChI is InChI=1S/C30H34N2O4/c1-17(33)35-27-14-24-29-21(13-23-25(34)10-18(15-31-3)11-26(23)36-29)6-8-30(24,2)28(27)20-5-4-19-7-9-32-16-22(19)12-20/h4-5,7,9,12-13,16,18,24,27-29,31H,6,8,10-11,14-15H2,1-3H3/t18?,24-,27+,28-,29+,30-/m0/s1. The van der Waals surface area contributed by atoms with Crippen LogP contribution in [0.15, 0.2) is 59.6 Å². The minimum Gasteiger partial charge on any atom is -0.489 e. The number of aromatic nitrogens is 1. The van der Waals surface area contributed by atoms with Gasteiger partial charge < -0.3 is 14.8 Å². The van der Waals surface area contributed by atoms with Gasteiger partial charge in [0.1, 0.15) is 18.0 Å². The monoisotopic (exact) mass is 486 g/mol. The summed E-state index contributed by atoms with van der Waals surface area (Å²) in [5.74, 6) is 1.35. The highest BCUT2D eigenvalue weighted by atomic mass is 16.5. The number of fused-ring (bicyclic) bond motifs is 4. The van der Waals surface area contributed by atoms with E-state index < -0.39 is 0 Å². The Morgan fingerprint density at radius 3 is 2.92 bits per heavy atom. The number of nitrogens with zero attached hydrogens (tertiary/aromatic N) is 1. The molecule has 188 valence electrons. The number of benzene rings is 1. The maximum Gasteiger partial charge on any atom is 0.302 e. The number of carbonyl (C=O) groups excluding carboxylic acids is 2. The normalized spacial score (nSPS) is 33.4. The Morgan fingerprint density at radius 2 is 2.11 bits per heavy atom. The molecule has 6 rings (SSSR count). The average Bonchev–Trinajstić information content (AvgIpc) is 3.14. The van der Waals surface area contributed by atoms with Gasteiger partial charge in [-0.25, -0.2) is 0 Å². The molecule has 6 nitrogen and oxygen atoms in total. The van der Waals surface area contributed by atoms with Crippen molar-refractivity contribution >= 4 is 22.5 Å². The number of nitrogens with one attached hydrogen (secondary N) is 1. The largest absolute Gasteiger partial charge is 0.489 e. The van der Waals surface area contributed by atoms with Crippen molar-refractivity contribution < 1.29 is 19.1 Å². The Morgan fingerprint density at radius 1 is 1.25 bits per heavy atom. The van der Waals surface area contributed by atoms with Crippen LogP contribution < -0.4 is 5.32 Å². The predicted molar refractivity (Wildman–Crippen MR) is 137 cm³/mol. The summed E-state index contributed by atoms with van der Waals surface area (Å²) in [6.07, 6.45) is 9.54. The molecule has 0 amide bonds. The van der Waals surface area contributed by atoms with Gasteiger partial charge in [0.2, 0.25) is 0 Å². The Bertz CT molecular complexity index is 1300. The van der Waals surface area contributed by atoms with E-state index in [2.05, 4.69) is 41.5 Å². The molecule has 4 aliphatic rings. The zero-order valence-electron chi connectivity index (χ0n) is 21.3. The number of ketones is 1. The van der Waals surface area contributed by atoms with E-state index in [9.17, 15) is 9.59 Å². The molecule has 1 unspecified atom stereocenters. The summed E-state index contributed by atoms with van der Waals surface area (Å²) in [7, 11) is 1.93. The first-order valence-electron chi connectivity index (χ1n) is 13.2. The molecule has 6 atom stereocenters. The van der Waals surface area contributed by atoms with Gasteiger partial charge in [-0.15, -0.1) is 0 Å². The number of carbonyl (C=O) groups is 2. The summed E-state index contributed by atoms with van der Waals surface area (Å²) >= 11 is 0. The molecule has 3 aliphatic carbocycles. The highest BCUT2D eigenvalue weighted by molar-refractivity contribution is 6.00. The molecule has 1 aromatic heterocycles. The quantitative estimate of drug-likeness (QED) is 0.623. The first-order chi connectivity index (χ1) is 17.4. The van der Waals surface area contributed by atoms with Gasteiger partial charge in [-0.2, -0.15) is 0 Å². The van der Waals surface area contributed by atoms with Gasteiger partial charge in [-0.3, -0.25) is 14.6 Å². The van der Waals surface area contributed by atoms with Crippen LogP contribution in [0.25, 0.3) is 10.8 Å². The summed E-state index contributed by atoms with van der Waals surface area (Å²) in [6, 6.07) is 8.57. The third-order valence-electron chi connectivity index (χ3n) is 9.08. The molecule has 2 heterocycles. The molecule has 2 aromatic rings. The van der Waals surface area contributed by atoms with Gasteiger partial charge in [-0.1, -0.05) is 19.1 Å². The summed E-state index contributed by atoms with van der Waals surface area (Å²) in [5.41, 5.74) is 3.10. The summed E-state index contributed by atoms with van der Waals surface area (Å²) in [4.78, 5) is 29.4. The van der Waals surface area contributed by atoms with Crippen molar-refractivity contribution in [3.63, 3.8) is 0 Å². The van der Waals surface area contributed by atoms with Gasteiger partial charge in [0.25, 0.3) is 0 Å². The second kappa shape index (κ2) is 8.84. The fourth-order valence-corrected chi connectivity index (χ4v) is 7.49. The Kier molecular flexibility index (Phi) is 5.75. The van der Waals surface area contributed by atoms with Crippen LogP contribution in [0.3, 0.4) is 0 Å². The van der Waals surface area contributed by atoms with E-state index in [0.717, 1.165) is 54.3 Å². The number of esters is 1. The molecule has 0 saturated heterocycles. The van der Waals surface area contributed by atoms with Crippen molar-refractivity contribution in [3.05, 3.63) is 65.2 Å². The van der Waals surface area contributed by atoms with Crippen LogP contribution in [0.4, 0.5) is 0 Å². The van der Waals surface area contributed by atoms with E-state index in [0.29, 0.717) is 6.42 Å². The smallest absolute Gasteiger partial charge is 0.302 e. The number of Topliss-reactive ketones (excluding diaryl/α,β-unsaturated/α-hetero) is 1. The topological polar surface area (TPSA) is 77.5 Å². The highest BCUT2D eigenvalue weighted by Gasteiger charge is 2.60. The van der Waals surface area contributed by atoms with Crippen LogP contribution in [0.1, 0.15) is 57.4 Å². The lowest BCUT2D eigenvalue weighted by Gasteiger charge is -2.48.